The Hall–Kier alpha value is -2.40. The largest absolute Gasteiger partial charge is 0.497 e. The van der Waals surface area contributed by atoms with E-state index in [1.807, 2.05) is 18.2 Å². The first-order valence-electron chi connectivity index (χ1n) is 8.81. The molecule has 4 rings (SSSR count). The first kappa shape index (κ1) is 16.1. The Morgan fingerprint density at radius 3 is 2.76 bits per heavy atom. The number of hydrogen-bond acceptors (Lipinski definition) is 5. The highest BCUT2D eigenvalue weighted by Gasteiger charge is 2.20. The normalized spacial score (nSPS) is 17.5. The van der Waals surface area contributed by atoms with E-state index >= 15 is 0 Å². The maximum absolute atomic E-state index is 5.47. The van der Waals surface area contributed by atoms with Gasteiger partial charge in [0.15, 0.2) is 11.5 Å². The average molecular weight is 340 g/mol. The molecule has 2 heterocycles. The van der Waals surface area contributed by atoms with Crippen LogP contribution in [0.1, 0.15) is 18.4 Å². The molecule has 2 aliphatic rings. The molecule has 2 aliphatic heterocycles. The Morgan fingerprint density at radius 2 is 1.92 bits per heavy atom. The van der Waals surface area contributed by atoms with E-state index in [1.165, 1.54) is 5.56 Å². The van der Waals surface area contributed by atoms with Crippen LogP contribution in [0.5, 0.6) is 17.2 Å². The number of nitrogens with zero attached hydrogens (tertiary/aromatic N) is 1. The predicted molar refractivity (Wildman–Crippen MR) is 97.5 cm³/mol. The van der Waals surface area contributed by atoms with Crippen molar-refractivity contribution in [2.24, 2.45) is 0 Å². The highest BCUT2D eigenvalue weighted by molar-refractivity contribution is 5.49. The van der Waals surface area contributed by atoms with Crippen LogP contribution in [0.25, 0.3) is 0 Å². The van der Waals surface area contributed by atoms with Crippen molar-refractivity contribution in [3.8, 4) is 17.2 Å². The number of methoxy groups -OCH3 is 1. The van der Waals surface area contributed by atoms with Crippen LogP contribution in [0, 0.1) is 0 Å². The maximum Gasteiger partial charge on any atom is 0.231 e. The van der Waals surface area contributed by atoms with E-state index in [4.69, 9.17) is 14.2 Å². The molecule has 0 unspecified atom stereocenters. The molecule has 0 amide bonds. The standard InChI is InChI=1S/C20H24N2O3/c1-23-18-4-2-3-17(12-18)21-16-7-9-22(10-8-16)13-15-5-6-19-20(11-15)25-14-24-19/h2-6,11-12,16,21H,7-10,13-14H2,1H3. The molecule has 0 aliphatic carbocycles. The smallest absolute Gasteiger partial charge is 0.231 e. The molecule has 1 fully saturated rings. The number of ether oxygens (including phenoxy) is 3. The van der Waals surface area contributed by atoms with Gasteiger partial charge in [0.1, 0.15) is 5.75 Å². The molecular weight excluding hydrogens is 316 g/mol. The fourth-order valence-corrected chi connectivity index (χ4v) is 3.48. The summed E-state index contributed by atoms with van der Waals surface area (Å²) < 4.78 is 16.1. The lowest BCUT2D eigenvalue weighted by molar-refractivity contribution is 0.173. The number of fused-ring (bicyclic) bond motifs is 1. The summed E-state index contributed by atoms with van der Waals surface area (Å²) in [7, 11) is 1.70. The fraction of sp³-hybridized carbons (Fsp3) is 0.400. The molecule has 132 valence electrons. The van der Waals surface area contributed by atoms with Crippen molar-refractivity contribution < 1.29 is 14.2 Å². The Morgan fingerprint density at radius 1 is 1.08 bits per heavy atom. The quantitative estimate of drug-likeness (QED) is 0.902. The Bertz CT molecular complexity index is 727. The zero-order chi connectivity index (χ0) is 17.1. The third-order valence-corrected chi connectivity index (χ3v) is 4.87. The summed E-state index contributed by atoms with van der Waals surface area (Å²) in [6.45, 7) is 3.48. The van der Waals surface area contributed by atoms with Crippen LogP contribution in [0.2, 0.25) is 0 Å². The molecule has 0 saturated carbocycles. The lowest BCUT2D eigenvalue weighted by Gasteiger charge is -2.33. The van der Waals surface area contributed by atoms with Crippen LogP contribution in [-0.2, 0) is 6.54 Å². The molecule has 25 heavy (non-hydrogen) atoms. The summed E-state index contributed by atoms with van der Waals surface area (Å²) in [5.74, 6) is 2.61. The van der Waals surface area contributed by atoms with Crippen molar-refractivity contribution in [3.05, 3.63) is 48.0 Å². The molecule has 0 spiro atoms. The van der Waals surface area contributed by atoms with Gasteiger partial charge >= 0.3 is 0 Å². The van der Waals surface area contributed by atoms with Crippen LogP contribution in [0.3, 0.4) is 0 Å². The van der Waals surface area contributed by atoms with Gasteiger partial charge < -0.3 is 19.5 Å². The summed E-state index contributed by atoms with van der Waals surface area (Å²) >= 11 is 0. The highest BCUT2D eigenvalue weighted by atomic mass is 16.7. The topological polar surface area (TPSA) is 43.0 Å². The van der Waals surface area contributed by atoms with Crippen molar-refractivity contribution in [2.45, 2.75) is 25.4 Å². The Kier molecular flexibility index (Phi) is 4.65. The number of piperidine rings is 1. The molecule has 0 aromatic heterocycles. The number of rotatable bonds is 5. The first-order valence-corrected chi connectivity index (χ1v) is 8.81. The average Bonchev–Trinajstić information content (AvgIpc) is 3.11. The van der Waals surface area contributed by atoms with Gasteiger partial charge in [-0.05, 0) is 42.7 Å². The van der Waals surface area contributed by atoms with Crippen LogP contribution in [-0.4, -0.2) is 37.9 Å². The number of benzene rings is 2. The van der Waals surface area contributed by atoms with Crippen molar-refractivity contribution in [1.29, 1.82) is 0 Å². The lowest BCUT2D eigenvalue weighted by atomic mass is 10.0. The molecule has 0 radical (unpaired) electrons. The van der Waals surface area contributed by atoms with E-state index in [9.17, 15) is 0 Å². The lowest BCUT2D eigenvalue weighted by Crippen LogP contribution is -2.38. The van der Waals surface area contributed by atoms with Crippen LogP contribution >= 0.6 is 0 Å². The molecule has 2 aromatic rings. The molecule has 2 aromatic carbocycles. The van der Waals surface area contributed by atoms with E-state index in [0.717, 1.165) is 55.4 Å². The van der Waals surface area contributed by atoms with Gasteiger partial charge in [0.25, 0.3) is 0 Å². The van der Waals surface area contributed by atoms with Gasteiger partial charge in [0, 0.05) is 37.4 Å². The van der Waals surface area contributed by atoms with E-state index in [0.29, 0.717) is 12.8 Å². The zero-order valence-corrected chi connectivity index (χ0v) is 14.5. The summed E-state index contributed by atoms with van der Waals surface area (Å²) in [6, 6.07) is 14.9. The van der Waals surface area contributed by atoms with Gasteiger partial charge in [-0.2, -0.15) is 0 Å². The monoisotopic (exact) mass is 340 g/mol. The third kappa shape index (κ3) is 3.82. The molecule has 1 N–H and O–H groups in total. The van der Waals surface area contributed by atoms with E-state index in [-0.39, 0.29) is 0 Å². The van der Waals surface area contributed by atoms with Gasteiger partial charge in [-0.3, -0.25) is 4.90 Å². The predicted octanol–water partition coefficient (Wildman–Crippen LogP) is 3.50. The maximum atomic E-state index is 5.47. The summed E-state index contributed by atoms with van der Waals surface area (Å²) in [6.07, 6.45) is 2.28. The van der Waals surface area contributed by atoms with Crippen LogP contribution < -0.4 is 19.5 Å². The van der Waals surface area contributed by atoms with Gasteiger partial charge in [-0.25, -0.2) is 0 Å². The van der Waals surface area contributed by atoms with Crippen molar-refractivity contribution in [3.63, 3.8) is 0 Å². The summed E-state index contributed by atoms with van der Waals surface area (Å²) in [5, 5.41) is 3.63. The van der Waals surface area contributed by atoms with Gasteiger partial charge in [-0.1, -0.05) is 12.1 Å². The van der Waals surface area contributed by atoms with E-state index < -0.39 is 0 Å². The summed E-state index contributed by atoms with van der Waals surface area (Å²) in [5.41, 5.74) is 2.41. The second-order valence-corrected chi connectivity index (χ2v) is 6.61. The van der Waals surface area contributed by atoms with E-state index in [2.05, 4.69) is 34.5 Å². The molecule has 0 bridgehead atoms. The molecule has 0 atom stereocenters. The van der Waals surface area contributed by atoms with Gasteiger partial charge in [0.2, 0.25) is 6.79 Å². The minimum Gasteiger partial charge on any atom is -0.497 e. The molecular formula is C20H24N2O3. The number of nitrogens with one attached hydrogen (secondary N) is 1. The Balaban J connectivity index is 1.29. The SMILES string of the molecule is COc1cccc(NC2CCN(Cc3ccc4c(c3)OCO4)CC2)c1. The summed E-state index contributed by atoms with van der Waals surface area (Å²) in [4.78, 5) is 2.50. The van der Waals surface area contributed by atoms with Gasteiger partial charge in [-0.15, -0.1) is 0 Å². The van der Waals surface area contributed by atoms with Crippen LogP contribution in [0.15, 0.2) is 42.5 Å². The number of hydrogen-bond donors (Lipinski definition) is 1. The minimum atomic E-state index is 0.333. The fourth-order valence-electron chi connectivity index (χ4n) is 3.48. The third-order valence-electron chi connectivity index (χ3n) is 4.87. The van der Waals surface area contributed by atoms with Crippen molar-refractivity contribution in [1.82, 2.24) is 4.90 Å². The Labute approximate surface area is 148 Å². The molecule has 5 heteroatoms. The van der Waals surface area contributed by atoms with Gasteiger partial charge in [0.05, 0.1) is 7.11 Å². The van der Waals surface area contributed by atoms with E-state index in [1.54, 1.807) is 7.11 Å². The van der Waals surface area contributed by atoms with Crippen molar-refractivity contribution in [2.75, 3.05) is 32.3 Å². The van der Waals surface area contributed by atoms with Crippen LogP contribution in [0.4, 0.5) is 5.69 Å². The number of anilines is 1. The second kappa shape index (κ2) is 7.23. The number of likely N-dealkylation sites (tertiary alicyclic amines) is 1. The first-order chi connectivity index (χ1) is 12.3. The second-order valence-electron chi connectivity index (χ2n) is 6.61. The highest BCUT2D eigenvalue weighted by Crippen LogP contribution is 2.33. The van der Waals surface area contributed by atoms with Crippen molar-refractivity contribution >= 4 is 5.69 Å². The molecule has 1 saturated heterocycles. The zero-order valence-electron chi connectivity index (χ0n) is 14.5. The molecule has 5 nitrogen and oxygen atoms in total. The minimum absolute atomic E-state index is 0.333.